The molecule has 2 rings (SSSR count). The van der Waals surface area contributed by atoms with Gasteiger partial charge in [0.2, 0.25) is 0 Å². The number of oxime groups is 1. The number of ether oxygens (including phenoxy) is 1. The molecule has 0 spiro atoms. The minimum absolute atomic E-state index is 0.161. The number of aromatic hydroxyl groups is 1. The first-order chi connectivity index (χ1) is 10.1. The summed E-state index contributed by atoms with van der Waals surface area (Å²) >= 11 is 0. The Morgan fingerprint density at radius 3 is 2.90 bits per heavy atom. The van der Waals surface area contributed by atoms with Gasteiger partial charge in [-0.05, 0) is 18.2 Å². The molecule has 21 heavy (non-hydrogen) atoms. The van der Waals surface area contributed by atoms with Crippen molar-refractivity contribution < 1.29 is 19.8 Å². The number of methoxy groups -OCH3 is 1. The van der Waals surface area contributed by atoms with Crippen LogP contribution in [0, 0.1) is 0 Å². The summed E-state index contributed by atoms with van der Waals surface area (Å²) in [6.07, 6.45) is 1.30. The Morgan fingerprint density at radius 2 is 2.29 bits per heavy atom. The van der Waals surface area contributed by atoms with Gasteiger partial charge in [0.25, 0.3) is 5.91 Å². The number of nitrogens with two attached hydrogens (primary N) is 1. The fourth-order valence-corrected chi connectivity index (χ4v) is 1.65. The zero-order chi connectivity index (χ0) is 15.4. The Bertz CT molecular complexity index is 695. The topological polar surface area (TPSA) is 146 Å². The molecule has 2 aromatic rings. The lowest BCUT2D eigenvalue weighted by molar-refractivity contribution is 0.102. The van der Waals surface area contributed by atoms with E-state index < -0.39 is 5.91 Å². The Balaban J connectivity index is 2.23. The minimum Gasteiger partial charge on any atom is -0.504 e. The molecule has 0 saturated heterocycles. The lowest BCUT2D eigenvalue weighted by atomic mass is 10.2. The standard InChI is InChI=1S/C12H13N5O4/c1-21-9-3-2-6(4-8(9)18)12(19)15-11-7(5-14-16-11)10(13)17-20/h2-5,18,20H,1H3,(H2,13,17)(H2,14,15,16,19). The van der Waals surface area contributed by atoms with Crippen molar-refractivity contribution >= 4 is 17.6 Å². The van der Waals surface area contributed by atoms with Crippen LogP contribution in [0.4, 0.5) is 5.82 Å². The fourth-order valence-electron chi connectivity index (χ4n) is 1.65. The van der Waals surface area contributed by atoms with Gasteiger partial charge in [-0.15, -0.1) is 0 Å². The zero-order valence-corrected chi connectivity index (χ0v) is 11.0. The number of aromatic nitrogens is 2. The second kappa shape index (κ2) is 5.82. The number of aromatic amines is 1. The van der Waals surface area contributed by atoms with Crippen LogP contribution in [-0.2, 0) is 0 Å². The van der Waals surface area contributed by atoms with Gasteiger partial charge in [0.1, 0.15) is 5.82 Å². The van der Waals surface area contributed by atoms with Crippen molar-refractivity contribution in [3.05, 3.63) is 35.5 Å². The third kappa shape index (κ3) is 2.86. The van der Waals surface area contributed by atoms with Gasteiger partial charge in [0.05, 0.1) is 18.9 Å². The number of nitrogens with zero attached hydrogens (tertiary/aromatic N) is 2. The van der Waals surface area contributed by atoms with E-state index in [0.29, 0.717) is 0 Å². The van der Waals surface area contributed by atoms with Crippen molar-refractivity contribution in [2.24, 2.45) is 10.9 Å². The SMILES string of the molecule is COc1ccc(C(=O)Nc2[nH]ncc2C(N)=NO)cc1O. The van der Waals surface area contributed by atoms with Crippen molar-refractivity contribution in [3.8, 4) is 11.5 Å². The smallest absolute Gasteiger partial charge is 0.256 e. The van der Waals surface area contributed by atoms with E-state index in [9.17, 15) is 9.90 Å². The maximum absolute atomic E-state index is 12.1. The monoisotopic (exact) mass is 291 g/mol. The maximum atomic E-state index is 12.1. The van der Waals surface area contributed by atoms with E-state index >= 15 is 0 Å². The van der Waals surface area contributed by atoms with Gasteiger partial charge < -0.3 is 26.1 Å². The maximum Gasteiger partial charge on any atom is 0.256 e. The van der Waals surface area contributed by atoms with Gasteiger partial charge in [0.15, 0.2) is 17.3 Å². The summed E-state index contributed by atoms with van der Waals surface area (Å²) in [5, 5.41) is 29.8. The molecule has 0 fully saturated rings. The van der Waals surface area contributed by atoms with E-state index in [2.05, 4.69) is 20.7 Å². The van der Waals surface area contributed by atoms with Gasteiger partial charge in [-0.2, -0.15) is 5.10 Å². The van der Waals surface area contributed by atoms with Crippen molar-refractivity contribution in [3.63, 3.8) is 0 Å². The Morgan fingerprint density at radius 1 is 1.52 bits per heavy atom. The molecule has 0 aliphatic heterocycles. The van der Waals surface area contributed by atoms with Crippen LogP contribution in [0.15, 0.2) is 29.6 Å². The summed E-state index contributed by atoms with van der Waals surface area (Å²) in [5.74, 6) is -0.441. The number of hydrogen-bond donors (Lipinski definition) is 5. The van der Waals surface area contributed by atoms with Crippen LogP contribution >= 0.6 is 0 Å². The van der Waals surface area contributed by atoms with E-state index in [1.807, 2.05) is 0 Å². The molecule has 110 valence electrons. The van der Waals surface area contributed by atoms with Gasteiger partial charge in [-0.1, -0.05) is 5.16 Å². The summed E-state index contributed by atoms with van der Waals surface area (Å²) < 4.78 is 4.89. The highest BCUT2D eigenvalue weighted by molar-refractivity contribution is 6.09. The zero-order valence-electron chi connectivity index (χ0n) is 11.0. The number of H-pyrrole nitrogens is 1. The number of rotatable bonds is 4. The number of nitrogens with one attached hydrogen (secondary N) is 2. The second-order valence-corrected chi connectivity index (χ2v) is 3.98. The molecule has 1 amide bonds. The van der Waals surface area contributed by atoms with Gasteiger partial charge in [-0.3, -0.25) is 9.89 Å². The quantitative estimate of drug-likeness (QED) is 0.239. The van der Waals surface area contributed by atoms with E-state index in [0.717, 1.165) is 0 Å². The molecular formula is C12H13N5O4. The van der Waals surface area contributed by atoms with Gasteiger partial charge in [0, 0.05) is 5.56 Å². The highest BCUT2D eigenvalue weighted by Crippen LogP contribution is 2.26. The van der Waals surface area contributed by atoms with Crippen molar-refractivity contribution in [1.29, 1.82) is 0 Å². The van der Waals surface area contributed by atoms with E-state index in [-0.39, 0.29) is 34.3 Å². The van der Waals surface area contributed by atoms with Crippen LogP contribution in [0.2, 0.25) is 0 Å². The third-order valence-electron chi connectivity index (χ3n) is 2.70. The van der Waals surface area contributed by atoms with E-state index in [1.54, 1.807) is 0 Å². The lowest BCUT2D eigenvalue weighted by Gasteiger charge is -2.07. The van der Waals surface area contributed by atoms with Crippen LogP contribution in [0.3, 0.4) is 0 Å². The molecule has 0 bridgehead atoms. The summed E-state index contributed by atoms with van der Waals surface area (Å²) in [6, 6.07) is 4.20. The van der Waals surface area contributed by atoms with Crippen LogP contribution < -0.4 is 15.8 Å². The molecule has 0 atom stereocenters. The van der Waals surface area contributed by atoms with E-state index in [4.69, 9.17) is 15.7 Å². The number of benzene rings is 1. The van der Waals surface area contributed by atoms with Gasteiger partial charge in [-0.25, -0.2) is 0 Å². The van der Waals surface area contributed by atoms with Crippen LogP contribution in [0.25, 0.3) is 0 Å². The number of phenols is 1. The molecule has 0 aliphatic rings. The van der Waals surface area contributed by atoms with Crippen molar-refractivity contribution in [1.82, 2.24) is 10.2 Å². The number of carbonyl (C=O) groups is 1. The highest BCUT2D eigenvalue weighted by atomic mass is 16.5. The number of amidine groups is 1. The molecule has 1 aromatic carbocycles. The number of carbonyl (C=O) groups excluding carboxylic acids is 1. The fraction of sp³-hybridized carbons (Fsp3) is 0.0833. The third-order valence-corrected chi connectivity index (χ3v) is 2.70. The van der Waals surface area contributed by atoms with Crippen LogP contribution in [0.1, 0.15) is 15.9 Å². The number of hydrogen-bond acceptors (Lipinski definition) is 6. The van der Waals surface area contributed by atoms with Crippen LogP contribution in [0.5, 0.6) is 11.5 Å². The van der Waals surface area contributed by atoms with Crippen LogP contribution in [-0.4, -0.2) is 39.4 Å². The first kappa shape index (κ1) is 14.2. The normalized spacial score (nSPS) is 11.2. The molecule has 1 heterocycles. The molecule has 9 nitrogen and oxygen atoms in total. The van der Waals surface area contributed by atoms with Crippen molar-refractivity contribution in [2.45, 2.75) is 0 Å². The lowest BCUT2D eigenvalue weighted by Crippen LogP contribution is -2.18. The number of phenolic OH excluding ortho intramolecular Hbond substituents is 1. The molecular weight excluding hydrogens is 278 g/mol. The summed E-state index contributed by atoms with van der Waals surface area (Å²) in [5.41, 5.74) is 5.89. The largest absolute Gasteiger partial charge is 0.504 e. The summed E-state index contributed by atoms with van der Waals surface area (Å²) in [6.45, 7) is 0. The number of anilines is 1. The predicted octanol–water partition coefficient (Wildman–Crippen LogP) is 0.471. The first-order valence-corrected chi connectivity index (χ1v) is 5.76. The van der Waals surface area contributed by atoms with E-state index in [1.165, 1.54) is 31.5 Å². The predicted molar refractivity (Wildman–Crippen MR) is 73.7 cm³/mol. The Labute approximate surface area is 119 Å². The molecule has 0 radical (unpaired) electrons. The average molecular weight is 291 g/mol. The Hall–Kier alpha value is -3.23. The highest BCUT2D eigenvalue weighted by Gasteiger charge is 2.15. The molecule has 6 N–H and O–H groups in total. The molecule has 0 saturated carbocycles. The molecule has 9 heteroatoms. The Kier molecular flexibility index (Phi) is 3.93. The molecule has 0 aliphatic carbocycles. The summed E-state index contributed by atoms with van der Waals surface area (Å²) in [4.78, 5) is 12.1. The average Bonchev–Trinajstić information content (AvgIpc) is 2.94. The summed E-state index contributed by atoms with van der Waals surface area (Å²) in [7, 11) is 1.41. The number of amides is 1. The molecule has 0 unspecified atom stereocenters. The minimum atomic E-state index is -0.510. The molecule has 1 aromatic heterocycles. The second-order valence-electron chi connectivity index (χ2n) is 3.98. The first-order valence-electron chi connectivity index (χ1n) is 5.76. The van der Waals surface area contributed by atoms with Crippen molar-refractivity contribution in [2.75, 3.05) is 12.4 Å². The van der Waals surface area contributed by atoms with Gasteiger partial charge >= 0.3 is 0 Å².